The molecule has 8 heteroatoms. The molecular weight excluding hydrogens is 388 g/mol. The topological polar surface area (TPSA) is 107 Å². The van der Waals surface area contributed by atoms with Crippen molar-refractivity contribution in [3.63, 3.8) is 0 Å². The van der Waals surface area contributed by atoms with Gasteiger partial charge in [-0.05, 0) is 40.0 Å². The van der Waals surface area contributed by atoms with Gasteiger partial charge in [0.15, 0.2) is 0 Å². The van der Waals surface area contributed by atoms with Gasteiger partial charge in [-0.3, -0.25) is 4.79 Å². The lowest BCUT2D eigenvalue weighted by atomic mass is 9.68. The first kappa shape index (κ1) is 21.6. The van der Waals surface area contributed by atoms with Crippen LogP contribution in [0.1, 0.15) is 46.5 Å². The Morgan fingerprint density at radius 3 is 2.57 bits per heavy atom. The van der Waals surface area contributed by atoms with Gasteiger partial charge in [0.1, 0.15) is 23.4 Å². The van der Waals surface area contributed by atoms with Gasteiger partial charge >= 0.3 is 6.09 Å². The number of methoxy groups -OCH3 is 1. The molecule has 3 heterocycles. The molecule has 0 bridgehead atoms. The van der Waals surface area contributed by atoms with Crippen LogP contribution in [-0.4, -0.2) is 73.2 Å². The zero-order valence-electron chi connectivity index (χ0n) is 18.4. The molecule has 3 saturated heterocycles. The van der Waals surface area contributed by atoms with Crippen LogP contribution in [0.3, 0.4) is 0 Å². The molecule has 1 saturated carbocycles. The minimum atomic E-state index is -0.350. The minimum absolute atomic E-state index is 0.0103. The first-order chi connectivity index (χ1) is 14.2. The Morgan fingerprint density at radius 1 is 1.30 bits per heavy atom. The normalized spacial score (nSPS) is 39.9. The molecular formula is C22H34N2O6. The standard InChI is InChI=1S/C22H34N2O6/c1-13(2)5-6-16-21(3,30-16)19-18(27-4)15(7-8-22(19)12-28-22)29-20(26)24-10-14(11-24)9-17(23)25/h5,14-16,18-19H,6-12H2,1-4H3,(H2,23,25)/t15-,16-,18-,19-,21+,22+/m1/s1. The van der Waals surface area contributed by atoms with Crippen molar-refractivity contribution in [1.29, 1.82) is 0 Å². The van der Waals surface area contributed by atoms with E-state index in [4.69, 9.17) is 24.7 Å². The second kappa shape index (κ2) is 7.80. The summed E-state index contributed by atoms with van der Waals surface area (Å²) in [7, 11) is 1.67. The summed E-state index contributed by atoms with van der Waals surface area (Å²) in [6, 6.07) is 0. The van der Waals surface area contributed by atoms with Gasteiger partial charge in [0, 0.05) is 32.5 Å². The Bertz CT molecular complexity index is 725. The lowest BCUT2D eigenvalue weighted by molar-refractivity contribution is -0.126. The van der Waals surface area contributed by atoms with Gasteiger partial charge in [-0.1, -0.05) is 11.6 Å². The van der Waals surface area contributed by atoms with Crippen LogP contribution in [0, 0.1) is 11.8 Å². The quantitative estimate of drug-likeness (QED) is 0.497. The minimum Gasteiger partial charge on any atom is -0.443 e. The number of hydrogen-bond acceptors (Lipinski definition) is 6. The van der Waals surface area contributed by atoms with Crippen LogP contribution in [0.4, 0.5) is 4.79 Å². The zero-order chi connectivity index (χ0) is 21.7. The SMILES string of the molecule is CO[C@@H]1[C@H](OC(=O)N2CC(CC(N)=O)C2)CC[C@]2(CO2)[C@H]1[C@@]1(C)O[C@@H]1CC=C(C)C. The number of primary amides is 1. The van der Waals surface area contributed by atoms with E-state index in [1.165, 1.54) is 5.57 Å². The fourth-order valence-corrected chi connectivity index (χ4v) is 5.41. The molecule has 8 nitrogen and oxygen atoms in total. The second-order valence-electron chi connectivity index (χ2n) is 9.74. The predicted octanol–water partition coefficient (Wildman–Crippen LogP) is 2.01. The summed E-state index contributed by atoms with van der Waals surface area (Å²) in [5.41, 5.74) is 5.92. The van der Waals surface area contributed by atoms with Gasteiger partial charge in [-0.2, -0.15) is 0 Å². The number of allylic oxidation sites excluding steroid dienone is 1. The highest BCUT2D eigenvalue weighted by Gasteiger charge is 2.72. The predicted molar refractivity (Wildman–Crippen MR) is 109 cm³/mol. The Hall–Kier alpha value is -1.64. The Balaban J connectivity index is 1.40. The third kappa shape index (κ3) is 3.97. The van der Waals surface area contributed by atoms with Crippen molar-refractivity contribution in [2.75, 3.05) is 26.8 Å². The Morgan fingerprint density at radius 2 is 2.00 bits per heavy atom. The van der Waals surface area contributed by atoms with Crippen LogP contribution >= 0.6 is 0 Å². The van der Waals surface area contributed by atoms with E-state index in [0.29, 0.717) is 32.5 Å². The molecule has 0 radical (unpaired) electrons. The molecule has 1 aliphatic carbocycles. The highest BCUT2D eigenvalue weighted by Crippen LogP contribution is 2.59. The maximum atomic E-state index is 12.6. The number of rotatable bonds is 7. The molecule has 0 aromatic carbocycles. The first-order valence-electron chi connectivity index (χ1n) is 10.9. The zero-order valence-corrected chi connectivity index (χ0v) is 18.4. The van der Waals surface area contributed by atoms with Crippen LogP contribution in [-0.2, 0) is 23.7 Å². The van der Waals surface area contributed by atoms with E-state index < -0.39 is 0 Å². The third-order valence-corrected chi connectivity index (χ3v) is 7.19. The van der Waals surface area contributed by atoms with E-state index in [-0.39, 0.29) is 53.4 Å². The molecule has 0 aromatic heterocycles. The van der Waals surface area contributed by atoms with Crippen molar-refractivity contribution in [1.82, 2.24) is 4.90 Å². The number of likely N-dealkylation sites (tertiary alicyclic amines) is 1. The maximum Gasteiger partial charge on any atom is 0.410 e. The summed E-state index contributed by atoms with van der Waals surface area (Å²) < 4.78 is 23.9. The van der Waals surface area contributed by atoms with E-state index in [1.54, 1.807) is 12.0 Å². The van der Waals surface area contributed by atoms with E-state index >= 15 is 0 Å². The van der Waals surface area contributed by atoms with Gasteiger partial charge < -0.3 is 29.6 Å². The monoisotopic (exact) mass is 422 g/mol. The van der Waals surface area contributed by atoms with Crippen LogP contribution < -0.4 is 5.73 Å². The molecule has 0 aromatic rings. The molecule has 30 heavy (non-hydrogen) atoms. The summed E-state index contributed by atoms with van der Waals surface area (Å²) in [4.78, 5) is 25.3. The fraction of sp³-hybridized carbons (Fsp3) is 0.818. The van der Waals surface area contributed by atoms with Gasteiger partial charge in [0.2, 0.25) is 5.91 Å². The van der Waals surface area contributed by atoms with E-state index in [1.807, 2.05) is 0 Å². The van der Waals surface area contributed by atoms with Crippen molar-refractivity contribution in [2.24, 2.45) is 17.6 Å². The number of amides is 2. The summed E-state index contributed by atoms with van der Waals surface area (Å²) in [5.74, 6) is -0.195. The smallest absolute Gasteiger partial charge is 0.410 e. The lowest BCUT2D eigenvalue weighted by Gasteiger charge is -2.44. The largest absolute Gasteiger partial charge is 0.443 e. The van der Waals surface area contributed by atoms with Crippen LogP contribution in [0.25, 0.3) is 0 Å². The molecule has 2 N–H and O–H groups in total. The van der Waals surface area contributed by atoms with Crippen molar-refractivity contribution >= 4 is 12.0 Å². The van der Waals surface area contributed by atoms with Crippen molar-refractivity contribution in [3.8, 4) is 0 Å². The van der Waals surface area contributed by atoms with Crippen molar-refractivity contribution in [2.45, 2.75) is 76.0 Å². The second-order valence-corrected chi connectivity index (χ2v) is 9.74. The lowest BCUT2D eigenvalue weighted by Crippen LogP contribution is -2.57. The van der Waals surface area contributed by atoms with Crippen molar-refractivity contribution in [3.05, 3.63) is 11.6 Å². The molecule has 0 unspecified atom stereocenters. The van der Waals surface area contributed by atoms with E-state index in [9.17, 15) is 9.59 Å². The summed E-state index contributed by atoms with van der Waals surface area (Å²) in [6.07, 6.45) is 4.04. The number of nitrogens with two attached hydrogens (primary N) is 1. The fourth-order valence-electron chi connectivity index (χ4n) is 5.41. The van der Waals surface area contributed by atoms with Gasteiger partial charge in [-0.15, -0.1) is 0 Å². The Kier molecular flexibility index (Phi) is 5.61. The van der Waals surface area contributed by atoms with E-state index in [2.05, 4.69) is 26.8 Å². The first-order valence-corrected chi connectivity index (χ1v) is 10.9. The Labute approximate surface area is 178 Å². The number of hydrogen-bond donors (Lipinski definition) is 1. The van der Waals surface area contributed by atoms with Crippen LogP contribution in [0.5, 0.6) is 0 Å². The number of carbonyl (C=O) groups excluding carboxylic acids is 2. The van der Waals surface area contributed by atoms with Gasteiger partial charge in [0.25, 0.3) is 0 Å². The molecule has 4 aliphatic rings. The molecule has 3 aliphatic heterocycles. The number of carbonyl (C=O) groups is 2. The number of nitrogens with zero attached hydrogens (tertiary/aromatic N) is 1. The summed E-state index contributed by atoms with van der Waals surface area (Å²) in [6.45, 7) is 8.02. The van der Waals surface area contributed by atoms with E-state index in [0.717, 1.165) is 12.8 Å². The third-order valence-electron chi connectivity index (χ3n) is 7.19. The molecule has 6 atom stereocenters. The molecule has 1 spiro atoms. The van der Waals surface area contributed by atoms with Gasteiger partial charge in [-0.25, -0.2) is 4.79 Å². The average Bonchev–Trinajstić information content (AvgIpc) is 3.55. The number of epoxide rings is 2. The molecule has 2 amide bonds. The summed E-state index contributed by atoms with van der Waals surface area (Å²) >= 11 is 0. The number of ether oxygens (including phenoxy) is 4. The summed E-state index contributed by atoms with van der Waals surface area (Å²) in [5, 5.41) is 0. The molecule has 4 fully saturated rings. The highest BCUT2D eigenvalue weighted by molar-refractivity contribution is 5.75. The van der Waals surface area contributed by atoms with Crippen LogP contribution in [0.2, 0.25) is 0 Å². The van der Waals surface area contributed by atoms with Gasteiger partial charge in [0.05, 0.1) is 18.6 Å². The molecule has 168 valence electrons. The van der Waals surface area contributed by atoms with Crippen LogP contribution in [0.15, 0.2) is 11.6 Å². The average molecular weight is 423 g/mol. The molecule has 4 rings (SSSR count). The maximum absolute atomic E-state index is 12.6. The highest BCUT2D eigenvalue weighted by atomic mass is 16.6. The van der Waals surface area contributed by atoms with Crippen molar-refractivity contribution < 1.29 is 28.5 Å².